The molecule has 208 valence electrons. The Morgan fingerprint density at radius 3 is 1.30 bits per heavy atom. The summed E-state index contributed by atoms with van der Waals surface area (Å²) in [5.74, 6) is 0. The SMILES string of the molecule is S[C@H]1S[C@@H](COCc2ccccc2)[C@@H](OCc2ccccc2)[C@H](OCc2ccccc2)[C@H]1OCc1ccccc1. The standard InChI is InChI=1S/C34H36O4S2/c39-34-33(38-24-29-19-11-4-12-20-29)32(37-23-28-17-9-3-10-18-28)31(36-22-27-15-7-2-8-16-27)30(40-34)25-35-21-26-13-5-1-6-14-26/h1-20,30-34,39H,21-25H2/t30-,31+,32-,33+,34-/m0/s1. The highest BCUT2D eigenvalue weighted by Crippen LogP contribution is 2.40. The van der Waals surface area contributed by atoms with Crippen LogP contribution >= 0.6 is 24.4 Å². The molecule has 0 saturated carbocycles. The van der Waals surface area contributed by atoms with Gasteiger partial charge in [0.25, 0.3) is 0 Å². The average Bonchev–Trinajstić information content (AvgIpc) is 3.01. The minimum atomic E-state index is -0.332. The molecule has 5 rings (SSSR count). The topological polar surface area (TPSA) is 36.9 Å². The van der Waals surface area contributed by atoms with E-state index in [0.717, 1.165) is 22.3 Å². The summed E-state index contributed by atoms with van der Waals surface area (Å²) in [4.78, 5) is 0. The minimum Gasteiger partial charge on any atom is -0.376 e. The van der Waals surface area contributed by atoms with E-state index in [0.29, 0.717) is 33.0 Å². The summed E-state index contributed by atoms with van der Waals surface area (Å²) in [6.45, 7) is 2.49. The Balaban J connectivity index is 1.36. The van der Waals surface area contributed by atoms with Crippen LogP contribution in [0.15, 0.2) is 121 Å². The smallest absolute Gasteiger partial charge is 0.113 e. The van der Waals surface area contributed by atoms with Crippen molar-refractivity contribution in [1.82, 2.24) is 0 Å². The van der Waals surface area contributed by atoms with Crippen LogP contribution in [0.1, 0.15) is 22.3 Å². The van der Waals surface area contributed by atoms with Crippen molar-refractivity contribution in [2.24, 2.45) is 0 Å². The van der Waals surface area contributed by atoms with E-state index in [-0.39, 0.29) is 28.1 Å². The van der Waals surface area contributed by atoms with Crippen molar-refractivity contribution in [3.63, 3.8) is 0 Å². The molecule has 0 aliphatic carbocycles. The summed E-state index contributed by atoms with van der Waals surface area (Å²) in [6, 6.07) is 41.0. The molecule has 0 spiro atoms. The van der Waals surface area contributed by atoms with E-state index in [2.05, 4.69) is 48.5 Å². The van der Waals surface area contributed by atoms with E-state index in [4.69, 9.17) is 31.6 Å². The molecule has 5 atom stereocenters. The van der Waals surface area contributed by atoms with E-state index in [1.165, 1.54) is 0 Å². The number of thiol groups is 1. The van der Waals surface area contributed by atoms with Crippen LogP contribution in [0.2, 0.25) is 0 Å². The van der Waals surface area contributed by atoms with Crippen molar-refractivity contribution in [2.45, 2.75) is 54.6 Å². The Hall–Kier alpha value is -2.58. The van der Waals surface area contributed by atoms with Gasteiger partial charge in [0.1, 0.15) is 18.3 Å². The molecule has 4 aromatic rings. The summed E-state index contributed by atoms with van der Waals surface area (Å²) in [5.41, 5.74) is 4.49. The van der Waals surface area contributed by atoms with Crippen LogP contribution in [0.4, 0.5) is 0 Å². The molecular formula is C34H36O4S2. The molecule has 1 saturated heterocycles. The monoisotopic (exact) mass is 572 g/mol. The van der Waals surface area contributed by atoms with Gasteiger partial charge in [-0.3, -0.25) is 0 Å². The van der Waals surface area contributed by atoms with Crippen LogP contribution in [0.25, 0.3) is 0 Å². The fraction of sp³-hybridized carbons (Fsp3) is 0.294. The molecule has 1 aliphatic heterocycles. The summed E-state index contributed by atoms with van der Waals surface area (Å²) < 4.78 is 26.0. The fourth-order valence-electron chi connectivity index (χ4n) is 4.77. The normalized spacial score (nSPS) is 22.7. The molecule has 1 aliphatic rings. The number of benzene rings is 4. The van der Waals surface area contributed by atoms with E-state index < -0.39 is 0 Å². The maximum atomic E-state index is 6.68. The van der Waals surface area contributed by atoms with Crippen LogP contribution in [0.3, 0.4) is 0 Å². The first-order valence-corrected chi connectivity index (χ1v) is 15.1. The molecule has 0 amide bonds. The van der Waals surface area contributed by atoms with Crippen molar-refractivity contribution < 1.29 is 18.9 Å². The Bertz CT molecular complexity index is 1240. The van der Waals surface area contributed by atoms with Crippen LogP contribution in [-0.2, 0) is 45.4 Å². The Morgan fingerprint density at radius 2 is 0.850 bits per heavy atom. The van der Waals surface area contributed by atoms with Gasteiger partial charge in [-0.25, -0.2) is 0 Å². The highest BCUT2D eigenvalue weighted by molar-refractivity contribution is 8.10. The summed E-state index contributed by atoms with van der Waals surface area (Å²) in [6.07, 6.45) is -0.862. The molecule has 4 nitrogen and oxygen atoms in total. The Labute approximate surface area is 247 Å². The Morgan fingerprint density at radius 1 is 0.475 bits per heavy atom. The van der Waals surface area contributed by atoms with E-state index in [1.807, 2.05) is 72.8 Å². The number of thioether (sulfide) groups is 1. The van der Waals surface area contributed by atoms with Crippen molar-refractivity contribution in [3.05, 3.63) is 144 Å². The number of ether oxygens (including phenoxy) is 4. The maximum absolute atomic E-state index is 6.68. The zero-order valence-corrected chi connectivity index (χ0v) is 24.2. The van der Waals surface area contributed by atoms with Crippen molar-refractivity contribution in [3.8, 4) is 0 Å². The molecule has 40 heavy (non-hydrogen) atoms. The largest absolute Gasteiger partial charge is 0.376 e. The zero-order valence-electron chi connectivity index (χ0n) is 22.5. The second-order valence-electron chi connectivity index (χ2n) is 9.85. The molecule has 1 heterocycles. The quantitative estimate of drug-likeness (QED) is 0.170. The molecular weight excluding hydrogens is 537 g/mol. The second-order valence-corrected chi connectivity index (χ2v) is 12.1. The van der Waals surface area contributed by atoms with Gasteiger partial charge < -0.3 is 18.9 Å². The highest BCUT2D eigenvalue weighted by atomic mass is 32.2. The van der Waals surface area contributed by atoms with Crippen molar-refractivity contribution in [2.75, 3.05) is 6.61 Å². The molecule has 4 aromatic carbocycles. The molecule has 1 fully saturated rings. The summed E-state index contributed by atoms with van der Waals surface area (Å²) in [5, 5.41) is 0.0206. The van der Waals surface area contributed by atoms with Gasteiger partial charge in [0.2, 0.25) is 0 Å². The molecule has 0 unspecified atom stereocenters. The molecule has 0 aromatic heterocycles. The van der Waals surface area contributed by atoms with Gasteiger partial charge in [0.05, 0.1) is 42.9 Å². The van der Waals surface area contributed by atoms with Gasteiger partial charge in [-0.1, -0.05) is 121 Å². The third kappa shape index (κ3) is 8.46. The lowest BCUT2D eigenvalue weighted by molar-refractivity contribution is -0.154. The molecule has 6 heteroatoms. The van der Waals surface area contributed by atoms with Gasteiger partial charge in [0, 0.05) is 0 Å². The Kier molecular flexibility index (Phi) is 11.2. The lowest BCUT2D eigenvalue weighted by Crippen LogP contribution is -2.56. The maximum Gasteiger partial charge on any atom is 0.113 e. The lowest BCUT2D eigenvalue weighted by Gasteiger charge is -2.44. The first-order chi connectivity index (χ1) is 19.8. The number of rotatable bonds is 13. The fourth-order valence-corrected chi connectivity index (χ4v) is 6.80. The van der Waals surface area contributed by atoms with Gasteiger partial charge in [-0.2, -0.15) is 12.6 Å². The van der Waals surface area contributed by atoms with Gasteiger partial charge in [-0.05, 0) is 22.3 Å². The average molecular weight is 573 g/mol. The lowest BCUT2D eigenvalue weighted by atomic mass is 10.0. The number of hydrogen-bond donors (Lipinski definition) is 1. The molecule has 0 radical (unpaired) electrons. The van der Waals surface area contributed by atoms with Crippen LogP contribution in [0.5, 0.6) is 0 Å². The third-order valence-corrected chi connectivity index (χ3v) is 8.82. The first-order valence-electron chi connectivity index (χ1n) is 13.7. The van der Waals surface area contributed by atoms with Crippen LogP contribution in [-0.4, -0.2) is 34.8 Å². The van der Waals surface area contributed by atoms with Crippen LogP contribution in [0, 0.1) is 0 Å². The first kappa shape index (κ1) is 28.9. The highest BCUT2D eigenvalue weighted by Gasteiger charge is 2.47. The van der Waals surface area contributed by atoms with Crippen LogP contribution < -0.4 is 0 Å². The predicted molar refractivity (Wildman–Crippen MR) is 165 cm³/mol. The zero-order chi connectivity index (χ0) is 27.4. The van der Waals surface area contributed by atoms with Gasteiger partial charge in [0.15, 0.2) is 0 Å². The van der Waals surface area contributed by atoms with Gasteiger partial charge >= 0.3 is 0 Å². The van der Waals surface area contributed by atoms with E-state index in [9.17, 15) is 0 Å². The molecule has 0 bridgehead atoms. The minimum absolute atomic E-state index is 0.0206. The second kappa shape index (κ2) is 15.4. The van der Waals surface area contributed by atoms with Gasteiger partial charge in [-0.15, -0.1) is 11.8 Å². The number of hydrogen-bond acceptors (Lipinski definition) is 6. The summed E-state index contributed by atoms with van der Waals surface area (Å²) in [7, 11) is 0. The van der Waals surface area contributed by atoms with E-state index >= 15 is 0 Å². The summed E-state index contributed by atoms with van der Waals surface area (Å²) >= 11 is 6.76. The molecule has 0 N–H and O–H groups in total. The van der Waals surface area contributed by atoms with Crippen molar-refractivity contribution in [1.29, 1.82) is 0 Å². The third-order valence-electron chi connectivity index (χ3n) is 6.86. The predicted octanol–water partition coefficient (Wildman–Crippen LogP) is 7.33. The van der Waals surface area contributed by atoms with E-state index in [1.54, 1.807) is 11.8 Å². The van der Waals surface area contributed by atoms with Crippen molar-refractivity contribution >= 4 is 24.4 Å².